The molecule has 106 valence electrons. The molecule has 0 atom stereocenters. The fraction of sp³-hybridized carbons (Fsp3) is 0.571. The molecule has 1 aromatic rings. The van der Waals surface area contributed by atoms with Crippen molar-refractivity contribution in [2.75, 3.05) is 45.6 Å². The van der Waals surface area contributed by atoms with Crippen LogP contribution in [0.5, 0.6) is 0 Å². The highest BCUT2D eigenvalue weighted by Crippen LogP contribution is 2.07. The zero-order chi connectivity index (χ0) is 14.3. The van der Waals surface area contributed by atoms with Crippen molar-refractivity contribution >= 4 is 11.7 Å². The summed E-state index contributed by atoms with van der Waals surface area (Å²) in [6.07, 6.45) is 1.64. The maximum absolute atomic E-state index is 12.1. The van der Waals surface area contributed by atoms with E-state index in [1.807, 2.05) is 40.1 Å². The molecule has 0 fully saturated rings. The fourth-order valence-electron chi connectivity index (χ4n) is 1.73. The molecular weight excluding hydrogens is 240 g/mol. The number of likely N-dealkylation sites (N-methyl/N-ethyl adjacent to an activating group) is 1. The Balaban J connectivity index is 2.58. The number of nitrogens with one attached hydrogen (secondary N) is 1. The maximum atomic E-state index is 12.1. The Morgan fingerprint density at radius 1 is 1.26 bits per heavy atom. The molecule has 0 aliphatic heterocycles. The molecule has 0 spiro atoms. The third kappa shape index (κ3) is 4.87. The summed E-state index contributed by atoms with van der Waals surface area (Å²) in [7, 11) is 4.06. The van der Waals surface area contributed by atoms with Crippen LogP contribution in [0, 0.1) is 0 Å². The number of nitrogens with zero attached hydrogens (tertiary/aromatic N) is 3. The molecule has 0 aliphatic carbocycles. The number of amides is 1. The van der Waals surface area contributed by atoms with E-state index in [0.29, 0.717) is 5.56 Å². The van der Waals surface area contributed by atoms with Crippen molar-refractivity contribution in [3.8, 4) is 0 Å². The summed E-state index contributed by atoms with van der Waals surface area (Å²) in [5.74, 6) is 0.843. The average Bonchev–Trinajstić information content (AvgIpc) is 2.40. The highest BCUT2D eigenvalue weighted by molar-refractivity contribution is 5.94. The Morgan fingerprint density at radius 3 is 2.42 bits per heavy atom. The van der Waals surface area contributed by atoms with E-state index in [9.17, 15) is 4.79 Å². The van der Waals surface area contributed by atoms with Crippen LogP contribution in [0.3, 0.4) is 0 Å². The van der Waals surface area contributed by atoms with Gasteiger partial charge in [0.15, 0.2) is 0 Å². The highest BCUT2D eigenvalue weighted by atomic mass is 16.2. The summed E-state index contributed by atoms with van der Waals surface area (Å²) >= 11 is 0. The quantitative estimate of drug-likeness (QED) is 0.811. The van der Waals surface area contributed by atoms with Crippen molar-refractivity contribution in [3.05, 3.63) is 23.9 Å². The molecule has 0 saturated heterocycles. The second-order valence-electron chi connectivity index (χ2n) is 4.64. The van der Waals surface area contributed by atoms with Gasteiger partial charge in [0.05, 0.1) is 5.56 Å². The smallest absolute Gasteiger partial charge is 0.255 e. The second kappa shape index (κ2) is 7.74. The molecule has 0 radical (unpaired) electrons. The summed E-state index contributed by atoms with van der Waals surface area (Å²) in [5.41, 5.74) is 0.641. The van der Waals surface area contributed by atoms with E-state index in [1.165, 1.54) is 0 Å². The Labute approximate surface area is 115 Å². The van der Waals surface area contributed by atoms with Crippen molar-refractivity contribution in [1.82, 2.24) is 14.8 Å². The molecule has 5 nitrogen and oxygen atoms in total. The first-order valence-electron chi connectivity index (χ1n) is 6.72. The van der Waals surface area contributed by atoms with Crippen molar-refractivity contribution in [3.63, 3.8) is 0 Å². The van der Waals surface area contributed by atoms with Crippen molar-refractivity contribution < 1.29 is 4.79 Å². The number of anilines is 1. The Morgan fingerprint density at radius 2 is 1.95 bits per heavy atom. The van der Waals surface area contributed by atoms with Crippen LogP contribution >= 0.6 is 0 Å². The number of rotatable bonds is 7. The fourth-order valence-corrected chi connectivity index (χ4v) is 1.73. The van der Waals surface area contributed by atoms with E-state index < -0.39 is 0 Å². The van der Waals surface area contributed by atoms with Crippen LogP contribution in [0.1, 0.15) is 24.2 Å². The third-order valence-electron chi connectivity index (χ3n) is 2.93. The summed E-state index contributed by atoms with van der Waals surface area (Å²) in [5, 5.41) is 3.22. The van der Waals surface area contributed by atoms with Gasteiger partial charge < -0.3 is 15.1 Å². The predicted molar refractivity (Wildman–Crippen MR) is 78.5 cm³/mol. The van der Waals surface area contributed by atoms with Crippen LogP contribution in [0.15, 0.2) is 18.3 Å². The minimum atomic E-state index is 0.0392. The first-order chi connectivity index (χ1) is 9.08. The number of aromatic nitrogens is 1. The monoisotopic (exact) mass is 264 g/mol. The predicted octanol–water partition coefficient (Wildman–Crippen LogP) is 1.54. The van der Waals surface area contributed by atoms with Crippen LogP contribution in [0.25, 0.3) is 0 Å². The van der Waals surface area contributed by atoms with Gasteiger partial charge in [-0.2, -0.15) is 0 Å². The Bertz CT molecular complexity index is 385. The van der Waals surface area contributed by atoms with Crippen molar-refractivity contribution in [2.24, 2.45) is 0 Å². The lowest BCUT2D eigenvalue weighted by atomic mass is 10.2. The topological polar surface area (TPSA) is 48.5 Å². The van der Waals surface area contributed by atoms with Crippen LogP contribution in [-0.4, -0.2) is 61.0 Å². The van der Waals surface area contributed by atoms with Crippen molar-refractivity contribution in [1.29, 1.82) is 0 Å². The van der Waals surface area contributed by atoms with E-state index >= 15 is 0 Å². The number of pyridine rings is 1. The highest BCUT2D eigenvalue weighted by Gasteiger charge is 2.12. The second-order valence-corrected chi connectivity index (χ2v) is 4.64. The lowest BCUT2D eigenvalue weighted by Crippen LogP contribution is -2.30. The Kier molecular flexibility index (Phi) is 6.29. The molecule has 0 aliphatic rings. The van der Waals surface area contributed by atoms with Crippen LogP contribution in [0.4, 0.5) is 5.82 Å². The third-order valence-corrected chi connectivity index (χ3v) is 2.93. The summed E-state index contributed by atoms with van der Waals surface area (Å²) in [4.78, 5) is 20.2. The number of carbonyl (C=O) groups excluding carboxylic acids is 1. The molecule has 1 amide bonds. The lowest BCUT2D eigenvalue weighted by molar-refractivity contribution is 0.0772. The van der Waals surface area contributed by atoms with Crippen molar-refractivity contribution in [2.45, 2.75) is 13.8 Å². The molecule has 1 aromatic heterocycles. The van der Waals surface area contributed by atoms with E-state index in [4.69, 9.17) is 0 Å². The van der Waals surface area contributed by atoms with Crippen LogP contribution in [-0.2, 0) is 0 Å². The van der Waals surface area contributed by atoms with Gasteiger partial charge in [-0.25, -0.2) is 4.98 Å². The van der Waals surface area contributed by atoms with E-state index in [2.05, 4.69) is 15.2 Å². The van der Waals surface area contributed by atoms with Gasteiger partial charge in [0.2, 0.25) is 0 Å². The van der Waals surface area contributed by atoms with Gasteiger partial charge in [0.1, 0.15) is 5.82 Å². The minimum Gasteiger partial charge on any atom is -0.369 e. The summed E-state index contributed by atoms with van der Waals surface area (Å²) in [6, 6.07) is 3.68. The maximum Gasteiger partial charge on any atom is 0.255 e. The largest absolute Gasteiger partial charge is 0.369 e. The first kappa shape index (κ1) is 15.4. The molecule has 0 saturated carbocycles. The van der Waals surface area contributed by atoms with Gasteiger partial charge in [-0.1, -0.05) is 0 Å². The zero-order valence-corrected chi connectivity index (χ0v) is 12.3. The summed E-state index contributed by atoms with van der Waals surface area (Å²) in [6.45, 7) is 7.18. The summed E-state index contributed by atoms with van der Waals surface area (Å²) < 4.78 is 0. The number of carbonyl (C=O) groups is 1. The Hall–Kier alpha value is -1.62. The molecule has 1 heterocycles. The molecule has 19 heavy (non-hydrogen) atoms. The molecule has 1 N–H and O–H groups in total. The van der Waals surface area contributed by atoms with Gasteiger partial charge in [0.25, 0.3) is 5.91 Å². The van der Waals surface area contributed by atoms with Crippen LogP contribution < -0.4 is 5.32 Å². The molecule has 0 aromatic carbocycles. The van der Waals surface area contributed by atoms with Gasteiger partial charge in [-0.3, -0.25) is 4.79 Å². The SMILES string of the molecule is CCN(CC)C(=O)c1ccc(NCCN(C)C)nc1. The normalized spacial score (nSPS) is 10.6. The van der Waals surface area contributed by atoms with E-state index in [1.54, 1.807) is 11.1 Å². The molecule has 0 bridgehead atoms. The molecule has 5 heteroatoms. The van der Waals surface area contributed by atoms with E-state index in [0.717, 1.165) is 32.0 Å². The number of hydrogen-bond donors (Lipinski definition) is 1. The van der Waals surface area contributed by atoms with Gasteiger partial charge in [-0.15, -0.1) is 0 Å². The van der Waals surface area contributed by atoms with Gasteiger partial charge >= 0.3 is 0 Å². The van der Waals surface area contributed by atoms with Crippen LogP contribution in [0.2, 0.25) is 0 Å². The number of hydrogen-bond acceptors (Lipinski definition) is 4. The van der Waals surface area contributed by atoms with Gasteiger partial charge in [-0.05, 0) is 40.1 Å². The van der Waals surface area contributed by atoms with Gasteiger partial charge in [0, 0.05) is 32.4 Å². The average molecular weight is 264 g/mol. The first-order valence-corrected chi connectivity index (χ1v) is 6.72. The molecule has 0 unspecified atom stereocenters. The molecule has 1 rings (SSSR count). The lowest BCUT2D eigenvalue weighted by Gasteiger charge is -2.18. The minimum absolute atomic E-state index is 0.0392. The zero-order valence-electron chi connectivity index (χ0n) is 12.3. The molecular formula is C14H24N4O. The standard InChI is InChI=1S/C14H24N4O/c1-5-18(6-2)14(19)12-7-8-13(16-11-12)15-9-10-17(3)4/h7-8,11H,5-6,9-10H2,1-4H3,(H,15,16). The van der Waals surface area contributed by atoms with E-state index in [-0.39, 0.29) is 5.91 Å².